The minimum Gasteiger partial charge on any atom is -0.497 e. The lowest BCUT2D eigenvalue weighted by Gasteiger charge is -2.49. The van der Waals surface area contributed by atoms with Crippen molar-refractivity contribution in [2.24, 2.45) is 5.92 Å². The van der Waals surface area contributed by atoms with Gasteiger partial charge in [-0.05, 0) is 61.2 Å². The van der Waals surface area contributed by atoms with E-state index in [4.69, 9.17) is 4.74 Å². The standard InChI is InChI=1S/C29H33N3O2/c1-21-7-11-24(12-8-21)31-17-18-32-27-6-4-3-5-23(27)19-26(28(32)20-31)29(33)30-16-15-22-9-13-25(34-2)14-10-22/h3-14,26,28H,15-20H2,1-2H3,(H,30,33)/t26-,28-/m1/s1. The Morgan fingerprint density at radius 3 is 2.53 bits per heavy atom. The van der Waals surface area contributed by atoms with E-state index in [1.54, 1.807) is 7.11 Å². The summed E-state index contributed by atoms with van der Waals surface area (Å²) in [5.74, 6) is 0.937. The van der Waals surface area contributed by atoms with Crippen molar-refractivity contribution < 1.29 is 9.53 Å². The van der Waals surface area contributed by atoms with Crippen LogP contribution in [0.5, 0.6) is 5.75 Å². The van der Waals surface area contributed by atoms with Crippen molar-refractivity contribution in [3.8, 4) is 5.75 Å². The molecule has 2 atom stereocenters. The number of benzene rings is 3. The summed E-state index contributed by atoms with van der Waals surface area (Å²) in [5.41, 5.74) is 6.27. The largest absolute Gasteiger partial charge is 0.497 e. The number of methoxy groups -OCH3 is 1. The number of carbonyl (C=O) groups excluding carboxylic acids is 1. The summed E-state index contributed by atoms with van der Waals surface area (Å²) >= 11 is 0. The number of nitrogens with zero attached hydrogens (tertiary/aromatic N) is 2. The number of hydrogen-bond acceptors (Lipinski definition) is 4. The van der Waals surface area contributed by atoms with Crippen LogP contribution >= 0.6 is 0 Å². The molecule has 0 aliphatic carbocycles. The third-order valence-corrected chi connectivity index (χ3v) is 7.23. The topological polar surface area (TPSA) is 44.8 Å². The molecule has 3 aromatic carbocycles. The molecule has 0 unspecified atom stereocenters. The predicted octanol–water partition coefficient (Wildman–Crippen LogP) is 4.23. The number of amides is 1. The fourth-order valence-corrected chi connectivity index (χ4v) is 5.30. The van der Waals surface area contributed by atoms with Crippen LogP contribution in [0.2, 0.25) is 0 Å². The molecule has 1 saturated heterocycles. The van der Waals surface area contributed by atoms with Crippen LogP contribution in [-0.2, 0) is 17.6 Å². The van der Waals surface area contributed by atoms with Crippen LogP contribution in [0.15, 0.2) is 72.8 Å². The Morgan fingerprint density at radius 1 is 1.00 bits per heavy atom. The van der Waals surface area contributed by atoms with Gasteiger partial charge in [0, 0.05) is 37.6 Å². The highest BCUT2D eigenvalue weighted by molar-refractivity contribution is 5.82. The van der Waals surface area contributed by atoms with Gasteiger partial charge in [0.2, 0.25) is 5.91 Å². The summed E-state index contributed by atoms with van der Waals surface area (Å²) in [4.78, 5) is 18.4. The van der Waals surface area contributed by atoms with Gasteiger partial charge in [0.1, 0.15) is 5.75 Å². The van der Waals surface area contributed by atoms with E-state index in [1.807, 2.05) is 12.1 Å². The highest BCUT2D eigenvalue weighted by Crippen LogP contribution is 2.37. The lowest BCUT2D eigenvalue weighted by molar-refractivity contribution is -0.125. The number of fused-ring (bicyclic) bond motifs is 3. The average Bonchev–Trinajstić information content (AvgIpc) is 2.88. The first-order valence-electron chi connectivity index (χ1n) is 12.2. The van der Waals surface area contributed by atoms with Crippen LogP contribution in [0, 0.1) is 12.8 Å². The number of rotatable bonds is 6. The lowest BCUT2D eigenvalue weighted by atomic mass is 9.83. The molecule has 176 valence electrons. The molecule has 1 fully saturated rings. The van der Waals surface area contributed by atoms with Gasteiger partial charge in [-0.1, -0.05) is 48.0 Å². The third kappa shape index (κ3) is 4.60. The van der Waals surface area contributed by atoms with Gasteiger partial charge in [0.05, 0.1) is 19.1 Å². The molecule has 1 N–H and O–H groups in total. The molecule has 0 aromatic heterocycles. The molecule has 2 heterocycles. The molecule has 34 heavy (non-hydrogen) atoms. The Bertz CT molecular complexity index is 1130. The van der Waals surface area contributed by atoms with E-state index in [1.165, 1.54) is 28.1 Å². The van der Waals surface area contributed by atoms with Gasteiger partial charge in [0.25, 0.3) is 0 Å². The van der Waals surface area contributed by atoms with E-state index in [0.29, 0.717) is 6.54 Å². The molecule has 0 spiro atoms. The summed E-state index contributed by atoms with van der Waals surface area (Å²) in [5, 5.41) is 3.24. The van der Waals surface area contributed by atoms with E-state index < -0.39 is 0 Å². The number of piperazine rings is 1. The van der Waals surface area contributed by atoms with Crippen molar-refractivity contribution >= 4 is 17.3 Å². The van der Waals surface area contributed by atoms with Gasteiger partial charge in [0.15, 0.2) is 0 Å². The Hall–Kier alpha value is -3.47. The Kier molecular flexibility index (Phi) is 6.43. The first-order valence-corrected chi connectivity index (χ1v) is 12.2. The van der Waals surface area contributed by atoms with E-state index in [2.05, 4.69) is 82.7 Å². The zero-order valence-corrected chi connectivity index (χ0v) is 20.0. The number of nitrogens with one attached hydrogen (secondary N) is 1. The summed E-state index contributed by atoms with van der Waals surface area (Å²) in [6, 6.07) is 25.5. The second kappa shape index (κ2) is 9.80. The number of anilines is 2. The zero-order valence-electron chi connectivity index (χ0n) is 20.0. The van der Waals surface area contributed by atoms with Crippen LogP contribution in [0.25, 0.3) is 0 Å². The highest BCUT2D eigenvalue weighted by atomic mass is 16.5. The highest BCUT2D eigenvalue weighted by Gasteiger charge is 2.41. The van der Waals surface area contributed by atoms with Crippen molar-refractivity contribution in [1.29, 1.82) is 0 Å². The van der Waals surface area contributed by atoms with Gasteiger partial charge < -0.3 is 19.9 Å². The fourth-order valence-electron chi connectivity index (χ4n) is 5.30. The zero-order chi connectivity index (χ0) is 23.5. The van der Waals surface area contributed by atoms with Crippen molar-refractivity contribution in [3.05, 3.63) is 89.5 Å². The Balaban J connectivity index is 1.31. The molecule has 0 radical (unpaired) electrons. The minimum absolute atomic E-state index is 0.0704. The molecule has 5 heteroatoms. The first-order chi connectivity index (χ1) is 16.6. The average molecular weight is 456 g/mol. The predicted molar refractivity (Wildman–Crippen MR) is 138 cm³/mol. The van der Waals surface area contributed by atoms with E-state index in [0.717, 1.165) is 38.2 Å². The van der Waals surface area contributed by atoms with Crippen molar-refractivity contribution in [2.75, 3.05) is 43.1 Å². The molecule has 2 aliphatic heterocycles. The van der Waals surface area contributed by atoms with E-state index in [9.17, 15) is 4.79 Å². The second-order valence-corrected chi connectivity index (χ2v) is 9.37. The van der Waals surface area contributed by atoms with Crippen LogP contribution in [-0.4, -0.2) is 45.2 Å². The Morgan fingerprint density at radius 2 is 1.76 bits per heavy atom. The van der Waals surface area contributed by atoms with Crippen molar-refractivity contribution in [3.63, 3.8) is 0 Å². The minimum atomic E-state index is -0.0704. The Labute approximate surface area is 202 Å². The molecule has 1 amide bonds. The summed E-state index contributed by atoms with van der Waals surface area (Å²) in [6.45, 7) is 5.49. The van der Waals surface area contributed by atoms with Gasteiger partial charge >= 0.3 is 0 Å². The van der Waals surface area contributed by atoms with Crippen LogP contribution < -0.4 is 19.9 Å². The van der Waals surface area contributed by atoms with Crippen molar-refractivity contribution in [1.82, 2.24) is 5.32 Å². The number of carbonyl (C=O) groups is 1. The smallest absolute Gasteiger partial charge is 0.225 e. The summed E-state index contributed by atoms with van der Waals surface area (Å²) in [6.07, 6.45) is 1.59. The number of ether oxygens (including phenoxy) is 1. The van der Waals surface area contributed by atoms with Crippen molar-refractivity contribution in [2.45, 2.75) is 25.8 Å². The maximum absolute atomic E-state index is 13.5. The number of aryl methyl sites for hydroxylation is 1. The SMILES string of the molecule is COc1ccc(CCNC(=O)[C@@H]2Cc3ccccc3N3CCN(c4ccc(C)cc4)C[C@H]23)cc1. The van der Waals surface area contributed by atoms with Gasteiger partial charge in [-0.15, -0.1) is 0 Å². The first kappa shape index (κ1) is 22.3. The molecule has 5 nitrogen and oxygen atoms in total. The maximum atomic E-state index is 13.5. The summed E-state index contributed by atoms with van der Waals surface area (Å²) < 4.78 is 5.24. The van der Waals surface area contributed by atoms with Crippen LogP contribution in [0.4, 0.5) is 11.4 Å². The molecule has 0 bridgehead atoms. The van der Waals surface area contributed by atoms with Crippen LogP contribution in [0.3, 0.4) is 0 Å². The van der Waals surface area contributed by atoms with Gasteiger partial charge in [-0.2, -0.15) is 0 Å². The molecule has 5 rings (SSSR count). The second-order valence-electron chi connectivity index (χ2n) is 9.37. The molecule has 2 aliphatic rings. The molecule has 3 aromatic rings. The van der Waals surface area contributed by atoms with Gasteiger partial charge in [-0.3, -0.25) is 4.79 Å². The quantitative estimate of drug-likeness (QED) is 0.604. The van der Waals surface area contributed by atoms with E-state index >= 15 is 0 Å². The summed E-state index contributed by atoms with van der Waals surface area (Å²) in [7, 11) is 1.67. The van der Waals surface area contributed by atoms with Gasteiger partial charge in [-0.25, -0.2) is 0 Å². The normalized spacial score (nSPS) is 19.2. The monoisotopic (exact) mass is 455 g/mol. The van der Waals surface area contributed by atoms with E-state index in [-0.39, 0.29) is 17.9 Å². The molecular weight excluding hydrogens is 422 g/mol. The van der Waals surface area contributed by atoms with Crippen LogP contribution in [0.1, 0.15) is 16.7 Å². The molecule has 0 saturated carbocycles. The maximum Gasteiger partial charge on any atom is 0.225 e. The number of para-hydroxylation sites is 1. The molecular formula is C29H33N3O2. The third-order valence-electron chi connectivity index (χ3n) is 7.23. The fraction of sp³-hybridized carbons (Fsp3) is 0.345. The number of hydrogen-bond donors (Lipinski definition) is 1. The lowest BCUT2D eigenvalue weighted by Crippen LogP contribution is -2.61.